The Labute approximate surface area is 341 Å². The van der Waals surface area contributed by atoms with Crippen molar-refractivity contribution in [2.24, 2.45) is 5.73 Å². The largest absolute Gasteiger partial charge is 0.472 e. The number of esters is 2. The molecular formula is C45H82NO9P. The van der Waals surface area contributed by atoms with Crippen LogP contribution in [-0.4, -0.2) is 61.5 Å². The first-order chi connectivity index (χ1) is 27.3. The standard InChI is InChI=1S/C45H82NO9P/c1-3-5-7-9-11-12-13-14-15-16-17-18-19-20-23-28-32-36-45(48)54-41(40-53-56(49,50)52-38-37-46)39-51-44(47)35-31-27-24-21-22-26-30-34-43-42(55-43)33-29-25-10-8-6-4-2/h21,24-26,29-30,41-43H,3-20,22-23,27-28,31-40,46H2,1-2H3,(H,49,50)/b24-21-,29-25-,30-26-/t41-,42?,43?/m1/s1. The van der Waals surface area contributed by atoms with E-state index < -0.39 is 32.5 Å². The second-order valence-electron chi connectivity index (χ2n) is 15.3. The molecule has 0 aromatic carbocycles. The number of unbranched alkanes of at least 4 members (excludes halogenated alkanes) is 20. The van der Waals surface area contributed by atoms with E-state index in [9.17, 15) is 19.0 Å². The Morgan fingerprint density at radius 2 is 1.11 bits per heavy atom. The van der Waals surface area contributed by atoms with Crippen molar-refractivity contribution in [3.8, 4) is 0 Å². The Morgan fingerprint density at radius 3 is 1.70 bits per heavy atom. The molecule has 4 atom stereocenters. The van der Waals surface area contributed by atoms with Gasteiger partial charge < -0.3 is 24.8 Å². The molecule has 10 nitrogen and oxygen atoms in total. The van der Waals surface area contributed by atoms with Crippen molar-refractivity contribution in [2.45, 2.75) is 212 Å². The van der Waals surface area contributed by atoms with Gasteiger partial charge in [0.25, 0.3) is 0 Å². The van der Waals surface area contributed by atoms with Gasteiger partial charge in [-0.3, -0.25) is 18.6 Å². The van der Waals surface area contributed by atoms with Crippen LogP contribution in [-0.2, 0) is 37.4 Å². The van der Waals surface area contributed by atoms with Crippen LogP contribution in [0.1, 0.15) is 194 Å². The Kier molecular flexibility index (Phi) is 34.9. The lowest BCUT2D eigenvalue weighted by atomic mass is 10.0. The summed E-state index contributed by atoms with van der Waals surface area (Å²) in [5.41, 5.74) is 5.35. The molecule has 0 bridgehead atoms. The minimum Gasteiger partial charge on any atom is -0.462 e. The predicted octanol–water partition coefficient (Wildman–Crippen LogP) is 11.9. The lowest BCUT2D eigenvalue weighted by Gasteiger charge is -2.19. The van der Waals surface area contributed by atoms with E-state index in [1.54, 1.807) is 0 Å². The molecule has 1 fully saturated rings. The van der Waals surface area contributed by atoms with Crippen LogP contribution >= 0.6 is 7.82 Å². The van der Waals surface area contributed by atoms with Gasteiger partial charge in [-0.2, -0.15) is 0 Å². The predicted molar refractivity (Wildman–Crippen MR) is 228 cm³/mol. The van der Waals surface area contributed by atoms with Crippen molar-refractivity contribution in [1.82, 2.24) is 0 Å². The fourth-order valence-electron chi connectivity index (χ4n) is 6.43. The number of nitrogens with two attached hydrogens (primary N) is 1. The molecule has 0 aromatic heterocycles. The number of phosphoric acid groups is 1. The first-order valence-electron chi connectivity index (χ1n) is 22.6. The van der Waals surface area contributed by atoms with Crippen LogP contribution in [0.2, 0.25) is 0 Å². The summed E-state index contributed by atoms with van der Waals surface area (Å²) in [6, 6.07) is 0. The summed E-state index contributed by atoms with van der Waals surface area (Å²) in [5.74, 6) is -0.894. The highest BCUT2D eigenvalue weighted by molar-refractivity contribution is 7.47. The summed E-state index contributed by atoms with van der Waals surface area (Å²) in [4.78, 5) is 34.9. The van der Waals surface area contributed by atoms with Crippen LogP contribution in [0.4, 0.5) is 0 Å². The van der Waals surface area contributed by atoms with Crippen molar-refractivity contribution >= 4 is 19.8 Å². The van der Waals surface area contributed by atoms with Crippen LogP contribution in [0.15, 0.2) is 36.5 Å². The molecule has 1 rings (SSSR count). The fourth-order valence-corrected chi connectivity index (χ4v) is 7.20. The molecule has 1 heterocycles. The summed E-state index contributed by atoms with van der Waals surface area (Å²) in [6.07, 6.45) is 43.5. The van der Waals surface area contributed by atoms with Crippen LogP contribution in [0.5, 0.6) is 0 Å². The quantitative estimate of drug-likeness (QED) is 0.0201. The van der Waals surface area contributed by atoms with Crippen LogP contribution < -0.4 is 5.73 Å². The number of hydrogen-bond acceptors (Lipinski definition) is 9. The van der Waals surface area contributed by atoms with Crippen molar-refractivity contribution in [3.05, 3.63) is 36.5 Å². The third kappa shape index (κ3) is 34.3. The number of carbonyl (C=O) groups excluding carboxylic acids is 2. The Hall–Kier alpha value is -1.81. The molecule has 56 heavy (non-hydrogen) atoms. The average molecular weight is 812 g/mol. The van der Waals surface area contributed by atoms with Crippen LogP contribution in [0, 0.1) is 0 Å². The van der Waals surface area contributed by atoms with Gasteiger partial charge >= 0.3 is 19.8 Å². The normalized spacial score (nSPS) is 17.2. The average Bonchev–Trinajstić information content (AvgIpc) is 3.94. The number of rotatable bonds is 41. The Morgan fingerprint density at radius 1 is 0.625 bits per heavy atom. The van der Waals surface area contributed by atoms with Crippen molar-refractivity contribution < 1.29 is 42.3 Å². The number of allylic oxidation sites excluding steroid dienone is 4. The lowest BCUT2D eigenvalue weighted by molar-refractivity contribution is -0.161. The van der Waals surface area contributed by atoms with Gasteiger partial charge in [-0.15, -0.1) is 0 Å². The minimum absolute atomic E-state index is 0.0446. The van der Waals surface area contributed by atoms with Gasteiger partial charge in [-0.25, -0.2) is 4.57 Å². The third-order valence-corrected chi connectivity index (χ3v) is 10.9. The molecule has 0 spiro atoms. The van der Waals surface area contributed by atoms with Gasteiger partial charge in [-0.05, 0) is 51.4 Å². The van der Waals surface area contributed by atoms with Gasteiger partial charge in [0.2, 0.25) is 0 Å². The summed E-state index contributed by atoms with van der Waals surface area (Å²) in [5, 5.41) is 0. The summed E-state index contributed by atoms with van der Waals surface area (Å²) in [6.45, 7) is 3.65. The number of epoxide rings is 1. The first-order valence-corrected chi connectivity index (χ1v) is 24.1. The van der Waals surface area contributed by atoms with E-state index >= 15 is 0 Å². The molecule has 3 N–H and O–H groups in total. The lowest BCUT2D eigenvalue weighted by Crippen LogP contribution is -2.29. The van der Waals surface area contributed by atoms with Crippen LogP contribution in [0.25, 0.3) is 0 Å². The molecule has 326 valence electrons. The van der Waals surface area contributed by atoms with Gasteiger partial charge in [0, 0.05) is 19.4 Å². The molecule has 1 aliphatic heterocycles. The Balaban J connectivity index is 2.19. The maximum absolute atomic E-state index is 12.6. The number of hydrogen-bond donors (Lipinski definition) is 2. The molecule has 11 heteroatoms. The highest BCUT2D eigenvalue weighted by Gasteiger charge is 2.36. The summed E-state index contributed by atoms with van der Waals surface area (Å²) in [7, 11) is -4.39. The van der Waals surface area contributed by atoms with E-state index in [0.29, 0.717) is 25.0 Å². The molecule has 1 aliphatic rings. The number of ether oxygens (including phenoxy) is 3. The smallest absolute Gasteiger partial charge is 0.462 e. The monoisotopic (exact) mass is 812 g/mol. The maximum atomic E-state index is 12.6. The van der Waals surface area contributed by atoms with E-state index in [0.717, 1.165) is 51.4 Å². The summed E-state index contributed by atoms with van der Waals surface area (Å²) >= 11 is 0. The second-order valence-corrected chi connectivity index (χ2v) is 16.8. The Bertz CT molecular complexity index is 1080. The zero-order valence-corrected chi connectivity index (χ0v) is 36.5. The SMILES string of the molecule is CCCCC/C=C\CC1OC1C/C=C\C/C=C\CCCC(=O)OC[C@H](COP(=O)(O)OCCN)OC(=O)CCCCCCCCCCCCCCCCCCC. The zero-order chi connectivity index (χ0) is 40.8. The van der Waals surface area contributed by atoms with E-state index in [1.165, 1.54) is 103 Å². The second kappa shape index (κ2) is 37.5. The number of phosphoric ester groups is 1. The number of carbonyl (C=O) groups is 2. The molecule has 1 saturated heterocycles. The topological polar surface area (TPSA) is 147 Å². The first kappa shape index (κ1) is 52.2. The molecule has 0 amide bonds. The molecule has 0 radical (unpaired) electrons. The molecule has 3 unspecified atom stereocenters. The molecule has 0 aliphatic carbocycles. The zero-order valence-electron chi connectivity index (χ0n) is 35.6. The minimum atomic E-state index is -4.39. The van der Waals surface area contributed by atoms with Gasteiger partial charge in [0.1, 0.15) is 6.61 Å². The molecule has 0 saturated carbocycles. The van der Waals surface area contributed by atoms with E-state index in [2.05, 4.69) is 50.3 Å². The van der Waals surface area contributed by atoms with E-state index in [-0.39, 0.29) is 32.6 Å². The summed E-state index contributed by atoms with van der Waals surface area (Å²) < 4.78 is 38.5. The highest BCUT2D eigenvalue weighted by atomic mass is 31.2. The fraction of sp³-hybridized carbons (Fsp3) is 0.822. The van der Waals surface area contributed by atoms with Gasteiger partial charge in [0.05, 0.1) is 25.4 Å². The van der Waals surface area contributed by atoms with E-state index in [1.807, 2.05) is 0 Å². The van der Waals surface area contributed by atoms with Gasteiger partial charge in [0.15, 0.2) is 6.10 Å². The molecule has 0 aromatic rings. The van der Waals surface area contributed by atoms with Crippen molar-refractivity contribution in [2.75, 3.05) is 26.4 Å². The maximum Gasteiger partial charge on any atom is 0.472 e. The van der Waals surface area contributed by atoms with Crippen molar-refractivity contribution in [1.29, 1.82) is 0 Å². The third-order valence-electron chi connectivity index (χ3n) is 9.93. The van der Waals surface area contributed by atoms with Crippen LogP contribution in [0.3, 0.4) is 0 Å². The van der Waals surface area contributed by atoms with Gasteiger partial charge in [-0.1, -0.05) is 166 Å². The van der Waals surface area contributed by atoms with Crippen molar-refractivity contribution in [3.63, 3.8) is 0 Å². The highest BCUT2D eigenvalue weighted by Crippen LogP contribution is 2.43. The molecular weight excluding hydrogens is 729 g/mol. The van der Waals surface area contributed by atoms with E-state index in [4.69, 9.17) is 29.0 Å².